The molecule has 0 N–H and O–H groups in total. The van der Waals surface area contributed by atoms with Crippen molar-refractivity contribution in [2.75, 3.05) is 0 Å². The first-order chi connectivity index (χ1) is 8.72. The van der Waals surface area contributed by atoms with E-state index < -0.39 is 0 Å². The zero-order valence-electron chi connectivity index (χ0n) is 9.82. The lowest BCUT2D eigenvalue weighted by atomic mass is 10.2. The highest BCUT2D eigenvalue weighted by molar-refractivity contribution is 9.10. The van der Waals surface area contributed by atoms with Crippen molar-refractivity contribution in [3.63, 3.8) is 0 Å². The Balaban J connectivity index is 1.94. The van der Waals surface area contributed by atoms with Crippen LogP contribution in [0, 0.1) is 0 Å². The van der Waals surface area contributed by atoms with Crippen LogP contribution in [0.25, 0.3) is 11.0 Å². The molecular weight excluding hydrogens is 296 g/mol. The van der Waals surface area contributed by atoms with Crippen LogP contribution in [0.15, 0.2) is 37.9 Å². The summed E-state index contributed by atoms with van der Waals surface area (Å²) in [5.41, 5.74) is 0.208. The van der Waals surface area contributed by atoms with Gasteiger partial charge in [-0.1, -0.05) is 0 Å². The van der Waals surface area contributed by atoms with Gasteiger partial charge in [0.2, 0.25) is 0 Å². The van der Waals surface area contributed by atoms with Gasteiger partial charge in [0.15, 0.2) is 0 Å². The van der Waals surface area contributed by atoms with Crippen LogP contribution in [-0.2, 0) is 0 Å². The number of hydrogen-bond acceptors (Lipinski definition) is 3. The third-order valence-electron chi connectivity index (χ3n) is 3.27. The Kier molecular flexibility index (Phi) is 3.12. The van der Waals surface area contributed by atoms with Crippen LogP contribution >= 0.6 is 15.9 Å². The molecule has 0 bridgehead atoms. The van der Waals surface area contributed by atoms with Gasteiger partial charge in [-0.15, -0.1) is 0 Å². The molecule has 3 rings (SSSR count). The van der Waals surface area contributed by atoms with E-state index in [0.29, 0.717) is 16.2 Å². The zero-order chi connectivity index (χ0) is 12.5. The van der Waals surface area contributed by atoms with Gasteiger partial charge in [0, 0.05) is 11.5 Å². The number of benzene rings is 1. The quantitative estimate of drug-likeness (QED) is 0.790. The SMILES string of the molecule is O=c1oc2cc(OC3CCCC3)ccc2cc1Br. The van der Waals surface area contributed by atoms with Crippen molar-refractivity contribution in [2.45, 2.75) is 31.8 Å². The fourth-order valence-corrected chi connectivity index (χ4v) is 2.67. The number of hydrogen-bond donors (Lipinski definition) is 0. The van der Waals surface area contributed by atoms with E-state index in [-0.39, 0.29) is 5.63 Å². The molecule has 1 fully saturated rings. The van der Waals surface area contributed by atoms with Crippen LogP contribution in [0.1, 0.15) is 25.7 Å². The predicted octanol–water partition coefficient (Wildman–Crippen LogP) is 3.88. The topological polar surface area (TPSA) is 39.4 Å². The summed E-state index contributed by atoms with van der Waals surface area (Å²) in [6.45, 7) is 0. The minimum atomic E-state index is -0.361. The van der Waals surface area contributed by atoms with E-state index in [1.165, 1.54) is 12.8 Å². The first-order valence-corrected chi connectivity index (χ1v) is 6.92. The number of ether oxygens (including phenoxy) is 1. The summed E-state index contributed by atoms with van der Waals surface area (Å²) in [4.78, 5) is 11.4. The lowest BCUT2D eigenvalue weighted by Gasteiger charge is -2.13. The smallest absolute Gasteiger partial charge is 0.350 e. The van der Waals surface area contributed by atoms with Gasteiger partial charge in [-0.2, -0.15) is 0 Å². The maximum atomic E-state index is 11.4. The number of halogens is 1. The molecule has 94 valence electrons. The average Bonchev–Trinajstić information content (AvgIpc) is 2.84. The molecule has 2 aromatic rings. The summed E-state index contributed by atoms with van der Waals surface area (Å²) < 4.78 is 11.5. The molecule has 1 heterocycles. The Morgan fingerprint density at radius 3 is 2.78 bits per heavy atom. The van der Waals surface area contributed by atoms with Crippen molar-refractivity contribution >= 4 is 26.9 Å². The Bertz CT molecular complexity index is 626. The highest BCUT2D eigenvalue weighted by atomic mass is 79.9. The first kappa shape index (κ1) is 11.8. The molecule has 1 aromatic heterocycles. The minimum absolute atomic E-state index is 0.310. The molecule has 1 saturated carbocycles. The molecule has 18 heavy (non-hydrogen) atoms. The summed E-state index contributed by atoms with van der Waals surface area (Å²) in [7, 11) is 0. The van der Waals surface area contributed by atoms with Gasteiger partial charge >= 0.3 is 5.63 Å². The molecule has 0 spiro atoms. The monoisotopic (exact) mass is 308 g/mol. The predicted molar refractivity (Wildman–Crippen MR) is 73.1 cm³/mol. The molecule has 1 aromatic carbocycles. The van der Waals surface area contributed by atoms with Gasteiger partial charge in [0.1, 0.15) is 15.8 Å². The molecular formula is C14H13BrO3. The van der Waals surface area contributed by atoms with Crippen molar-refractivity contribution in [3.05, 3.63) is 39.2 Å². The number of fused-ring (bicyclic) bond motifs is 1. The summed E-state index contributed by atoms with van der Waals surface area (Å²) in [6.07, 6.45) is 5.01. The second-order valence-corrected chi connectivity index (χ2v) is 5.46. The summed E-state index contributed by atoms with van der Waals surface area (Å²) in [5.74, 6) is 0.778. The fraction of sp³-hybridized carbons (Fsp3) is 0.357. The van der Waals surface area contributed by atoms with E-state index in [0.717, 1.165) is 24.0 Å². The number of rotatable bonds is 2. The Morgan fingerprint density at radius 1 is 1.22 bits per heavy atom. The standard InChI is InChI=1S/C14H13BrO3/c15-12-7-9-5-6-11(8-13(9)18-14(12)16)17-10-3-1-2-4-10/h5-8,10H,1-4H2. The molecule has 0 unspecified atom stereocenters. The van der Waals surface area contributed by atoms with E-state index in [2.05, 4.69) is 15.9 Å². The molecule has 0 amide bonds. The van der Waals surface area contributed by atoms with Crippen LogP contribution in [-0.4, -0.2) is 6.10 Å². The molecule has 1 aliphatic rings. The minimum Gasteiger partial charge on any atom is -0.490 e. The normalized spacial score (nSPS) is 16.3. The van der Waals surface area contributed by atoms with Crippen molar-refractivity contribution in [2.24, 2.45) is 0 Å². The largest absolute Gasteiger partial charge is 0.490 e. The van der Waals surface area contributed by atoms with E-state index in [1.54, 1.807) is 12.1 Å². The van der Waals surface area contributed by atoms with Gasteiger partial charge in [0.05, 0.1) is 6.10 Å². The van der Waals surface area contributed by atoms with Crippen LogP contribution in [0.4, 0.5) is 0 Å². The van der Waals surface area contributed by atoms with E-state index in [9.17, 15) is 4.79 Å². The second-order valence-electron chi connectivity index (χ2n) is 4.61. The van der Waals surface area contributed by atoms with Crippen LogP contribution in [0.5, 0.6) is 5.75 Å². The van der Waals surface area contributed by atoms with Gasteiger partial charge in [-0.3, -0.25) is 0 Å². The van der Waals surface area contributed by atoms with E-state index >= 15 is 0 Å². The van der Waals surface area contributed by atoms with Gasteiger partial charge < -0.3 is 9.15 Å². The van der Waals surface area contributed by atoms with Gasteiger partial charge in [0.25, 0.3) is 0 Å². The molecule has 0 aliphatic heterocycles. The highest BCUT2D eigenvalue weighted by Gasteiger charge is 2.16. The molecule has 1 aliphatic carbocycles. The van der Waals surface area contributed by atoms with Gasteiger partial charge in [-0.25, -0.2) is 4.79 Å². The summed E-state index contributed by atoms with van der Waals surface area (Å²) >= 11 is 3.17. The lowest BCUT2D eigenvalue weighted by Crippen LogP contribution is -2.10. The third-order valence-corrected chi connectivity index (χ3v) is 3.82. The van der Waals surface area contributed by atoms with Crippen LogP contribution < -0.4 is 10.4 Å². The molecule has 0 atom stereocenters. The van der Waals surface area contributed by atoms with Crippen LogP contribution in [0.2, 0.25) is 0 Å². The molecule has 3 nitrogen and oxygen atoms in total. The third kappa shape index (κ3) is 2.29. The Hall–Kier alpha value is -1.29. The first-order valence-electron chi connectivity index (χ1n) is 6.12. The Labute approximate surface area is 113 Å². The Morgan fingerprint density at radius 2 is 2.00 bits per heavy atom. The summed E-state index contributed by atoms with van der Waals surface area (Å²) in [5, 5.41) is 0.889. The highest BCUT2D eigenvalue weighted by Crippen LogP contribution is 2.27. The van der Waals surface area contributed by atoms with Crippen molar-refractivity contribution in [1.82, 2.24) is 0 Å². The maximum absolute atomic E-state index is 11.4. The maximum Gasteiger partial charge on any atom is 0.350 e. The second kappa shape index (κ2) is 4.76. The average molecular weight is 309 g/mol. The molecule has 0 radical (unpaired) electrons. The summed E-state index contributed by atoms with van der Waals surface area (Å²) in [6, 6.07) is 7.39. The zero-order valence-corrected chi connectivity index (χ0v) is 11.4. The molecule has 0 saturated heterocycles. The lowest BCUT2D eigenvalue weighted by molar-refractivity contribution is 0.210. The van der Waals surface area contributed by atoms with Gasteiger partial charge in [-0.05, 0) is 59.8 Å². The van der Waals surface area contributed by atoms with Crippen LogP contribution in [0.3, 0.4) is 0 Å². The van der Waals surface area contributed by atoms with E-state index in [4.69, 9.17) is 9.15 Å². The van der Waals surface area contributed by atoms with Crippen molar-refractivity contribution in [1.29, 1.82) is 0 Å². The fourth-order valence-electron chi connectivity index (χ4n) is 2.34. The van der Waals surface area contributed by atoms with Crippen molar-refractivity contribution in [3.8, 4) is 5.75 Å². The van der Waals surface area contributed by atoms with Crippen molar-refractivity contribution < 1.29 is 9.15 Å². The molecule has 4 heteroatoms. The van der Waals surface area contributed by atoms with E-state index in [1.807, 2.05) is 12.1 Å².